The molecular formula is C13H17NO3S. The van der Waals surface area contributed by atoms with Gasteiger partial charge in [-0.25, -0.2) is 0 Å². The van der Waals surface area contributed by atoms with Crippen LogP contribution in [-0.2, 0) is 11.2 Å². The van der Waals surface area contributed by atoms with Crippen LogP contribution >= 0.6 is 12.2 Å². The van der Waals surface area contributed by atoms with Gasteiger partial charge in [-0.2, -0.15) is 0 Å². The third kappa shape index (κ3) is 4.81. The van der Waals surface area contributed by atoms with Crippen LogP contribution in [0.15, 0.2) is 30.3 Å². The van der Waals surface area contributed by atoms with Gasteiger partial charge in [0.15, 0.2) is 5.05 Å². The summed E-state index contributed by atoms with van der Waals surface area (Å²) < 4.78 is 0. The topological polar surface area (TPSA) is 69.6 Å². The lowest BCUT2D eigenvalue weighted by atomic mass is 10.0. The number of hydrogen-bond donors (Lipinski definition) is 3. The standard InChI is InChI=1S/C13H17NO3S/c1-9(15)14-12(13(17)18)11(16)8-7-10-5-3-2-4-6-10/h2-6,11-12,16H,7-8H2,1H3,(H,14,15)(H,17,18). The van der Waals surface area contributed by atoms with Crippen LogP contribution in [-0.4, -0.2) is 33.3 Å². The molecule has 0 saturated carbocycles. The van der Waals surface area contributed by atoms with Crippen molar-refractivity contribution in [2.24, 2.45) is 0 Å². The highest BCUT2D eigenvalue weighted by molar-refractivity contribution is 7.80. The third-order valence-electron chi connectivity index (χ3n) is 2.58. The Bertz CT molecular complexity index is 408. The van der Waals surface area contributed by atoms with Crippen molar-refractivity contribution in [1.82, 2.24) is 5.32 Å². The molecule has 0 bridgehead atoms. The fraction of sp³-hybridized carbons (Fsp3) is 0.385. The molecule has 0 aromatic heterocycles. The quantitative estimate of drug-likeness (QED) is 0.681. The molecule has 0 spiro atoms. The number of nitrogens with one attached hydrogen (secondary N) is 1. The van der Waals surface area contributed by atoms with E-state index in [0.717, 1.165) is 5.56 Å². The smallest absolute Gasteiger partial charge is 0.217 e. The van der Waals surface area contributed by atoms with Gasteiger partial charge in [0.05, 0.1) is 6.10 Å². The van der Waals surface area contributed by atoms with Crippen LogP contribution < -0.4 is 5.32 Å². The molecule has 0 saturated heterocycles. The van der Waals surface area contributed by atoms with Crippen molar-refractivity contribution >= 4 is 23.2 Å². The highest BCUT2D eigenvalue weighted by Gasteiger charge is 2.23. The van der Waals surface area contributed by atoms with Crippen LogP contribution in [0.3, 0.4) is 0 Å². The zero-order valence-corrected chi connectivity index (χ0v) is 11.0. The average molecular weight is 267 g/mol. The fourth-order valence-corrected chi connectivity index (χ4v) is 1.88. The molecule has 2 unspecified atom stereocenters. The van der Waals surface area contributed by atoms with Gasteiger partial charge in [-0.1, -0.05) is 30.3 Å². The first-order valence-corrected chi connectivity index (χ1v) is 6.13. The van der Waals surface area contributed by atoms with E-state index >= 15 is 0 Å². The van der Waals surface area contributed by atoms with Crippen LogP contribution in [0.4, 0.5) is 0 Å². The normalized spacial score (nSPS) is 13.7. The Morgan fingerprint density at radius 2 is 2.00 bits per heavy atom. The molecule has 0 aliphatic carbocycles. The molecule has 0 radical (unpaired) electrons. The van der Waals surface area contributed by atoms with Crippen LogP contribution in [0, 0.1) is 0 Å². The minimum atomic E-state index is -0.897. The lowest BCUT2D eigenvalue weighted by molar-refractivity contribution is -0.120. The van der Waals surface area contributed by atoms with Crippen LogP contribution in [0.5, 0.6) is 0 Å². The first kappa shape index (κ1) is 14.6. The maximum Gasteiger partial charge on any atom is 0.217 e. The molecular weight excluding hydrogens is 250 g/mol. The number of carbonyl (C=O) groups excluding carboxylic acids is 1. The molecule has 1 amide bonds. The highest BCUT2D eigenvalue weighted by Crippen LogP contribution is 2.08. The fourth-order valence-electron chi connectivity index (χ4n) is 1.67. The number of thiocarbonyl (C=S) groups is 1. The van der Waals surface area contributed by atoms with E-state index in [4.69, 9.17) is 0 Å². The lowest BCUT2D eigenvalue weighted by Crippen LogP contribution is -2.47. The summed E-state index contributed by atoms with van der Waals surface area (Å²) in [6, 6.07) is 8.78. The molecule has 1 aromatic carbocycles. The van der Waals surface area contributed by atoms with Gasteiger partial charge in [-0.15, -0.1) is 0 Å². The Hall–Kier alpha value is -1.46. The molecule has 0 fully saturated rings. The van der Waals surface area contributed by atoms with Gasteiger partial charge >= 0.3 is 0 Å². The minimum Gasteiger partial charge on any atom is -0.500 e. The molecule has 1 rings (SSSR count). The summed E-state index contributed by atoms with van der Waals surface area (Å²) in [6.07, 6.45) is 0.169. The van der Waals surface area contributed by atoms with Crippen molar-refractivity contribution in [2.45, 2.75) is 31.9 Å². The Kier molecular flexibility index (Phi) is 5.74. The van der Waals surface area contributed by atoms with Crippen LogP contribution in [0.25, 0.3) is 0 Å². The summed E-state index contributed by atoms with van der Waals surface area (Å²) >= 11 is 4.62. The van der Waals surface area contributed by atoms with Crippen molar-refractivity contribution < 1.29 is 15.0 Å². The second-order valence-electron chi connectivity index (χ2n) is 4.11. The first-order chi connectivity index (χ1) is 8.50. The maximum absolute atomic E-state index is 10.9. The largest absolute Gasteiger partial charge is 0.500 e. The summed E-state index contributed by atoms with van der Waals surface area (Å²) in [5.74, 6) is -0.338. The zero-order chi connectivity index (χ0) is 13.5. The predicted octanol–water partition coefficient (Wildman–Crippen LogP) is 1.37. The van der Waals surface area contributed by atoms with Crippen molar-refractivity contribution in [3.8, 4) is 0 Å². The lowest BCUT2D eigenvalue weighted by Gasteiger charge is -2.21. The number of aryl methyl sites for hydroxylation is 1. The number of aliphatic hydroxyl groups is 2. The second-order valence-corrected chi connectivity index (χ2v) is 4.53. The number of rotatable bonds is 6. The van der Waals surface area contributed by atoms with E-state index in [9.17, 15) is 15.0 Å². The summed E-state index contributed by atoms with van der Waals surface area (Å²) in [5.41, 5.74) is 1.09. The second kappa shape index (κ2) is 7.08. The molecule has 5 heteroatoms. The SMILES string of the molecule is CC(=O)NC(C(O)=S)C(O)CCc1ccccc1. The van der Waals surface area contributed by atoms with E-state index in [0.29, 0.717) is 12.8 Å². The number of aliphatic hydroxyl groups excluding tert-OH is 2. The van der Waals surface area contributed by atoms with Gasteiger partial charge in [-0.05, 0) is 30.6 Å². The van der Waals surface area contributed by atoms with Crippen LogP contribution in [0.1, 0.15) is 18.9 Å². The third-order valence-corrected chi connectivity index (χ3v) is 2.84. The van der Waals surface area contributed by atoms with Crippen LogP contribution in [0.2, 0.25) is 0 Å². The first-order valence-electron chi connectivity index (χ1n) is 5.72. The molecule has 4 nitrogen and oxygen atoms in total. The predicted molar refractivity (Wildman–Crippen MR) is 73.6 cm³/mol. The van der Waals surface area contributed by atoms with Crippen molar-refractivity contribution in [3.05, 3.63) is 35.9 Å². The number of hydrogen-bond acceptors (Lipinski definition) is 3. The molecule has 0 heterocycles. The van der Waals surface area contributed by atoms with Crippen molar-refractivity contribution in [3.63, 3.8) is 0 Å². The number of amides is 1. The van der Waals surface area contributed by atoms with Gasteiger partial charge in [-0.3, -0.25) is 4.79 Å². The molecule has 1 aromatic rings. The van der Waals surface area contributed by atoms with Gasteiger partial charge < -0.3 is 15.5 Å². The Labute approximate surface area is 112 Å². The van der Waals surface area contributed by atoms with Crippen molar-refractivity contribution in [1.29, 1.82) is 0 Å². The van der Waals surface area contributed by atoms with Crippen molar-refractivity contribution in [2.75, 3.05) is 0 Å². The van der Waals surface area contributed by atoms with E-state index < -0.39 is 17.2 Å². The highest BCUT2D eigenvalue weighted by atomic mass is 32.1. The summed E-state index contributed by atoms with van der Waals surface area (Å²) in [6.45, 7) is 1.31. The van der Waals surface area contributed by atoms with E-state index in [1.165, 1.54) is 6.92 Å². The molecule has 18 heavy (non-hydrogen) atoms. The van der Waals surface area contributed by atoms with E-state index in [1.807, 2.05) is 30.3 Å². The molecule has 2 atom stereocenters. The van der Waals surface area contributed by atoms with E-state index in [2.05, 4.69) is 17.5 Å². The summed E-state index contributed by atoms with van der Waals surface area (Å²) in [5, 5.41) is 21.3. The van der Waals surface area contributed by atoms with Gasteiger partial charge in [0.2, 0.25) is 5.91 Å². The minimum absolute atomic E-state index is 0.338. The maximum atomic E-state index is 10.9. The van der Waals surface area contributed by atoms with Gasteiger partial charge in [0, 0.05) is 6.92 Å². The molecule has 98 valence electrons. The van der Waals surface area contributed by atoms with Gasteiger partial charge in [0.1, 0.15) is 6.04 Å². The summed E-state index contributed by atoms with van der Waals surface area (Å²) in [4.78, 5) is 10.9. The summed E-state index contributed by atoms with van der Waals surface area (Å²) in [7, 11) is 0. The monoisotopic (exact) mass is 267 g/mol. The van der Waals surface area contributed by atoms with E-state index in [1.54, 1.807) is 0 Å². The van der Waals surface area contributed by atoms with Gasteiger partial charge in [0.25, 0.3) is 0 Å². The average Bonchev–Trinajstić information content (AvgIpc) is 2.34. The Morgan fingerprint density at radius 3 is 2.50 bits per heavy atom. The van der Waals surface area contributed by atoms with E-state index in [-0.39, 0.29) is 5.91 Å². The number of carbonyl (C=O) groups is 1. The molecule has 0 aliphatic heterocycles. The number of benzene rings is 1. The zero-order valence-electron chi connectivity index (χ0n) is 10.2. The Morgan fingerprint density at radius 1 is 1.39 bits per heavy atom. The Balaban J connectivity index is 2.54. The molecule has 3 N–H and O–H groups in total. The molecule has 0 aliphatic rings.